The van der Waals surface area contributed by atoms with Crippen LogP contribution in [-0.4, -0.2) is 48.7 Å². The van der Waals surface area contributed by atoms with Crippen molar-refractivity contribution in [1.29, 1.82) is 0 Å². The molecule has 0 spiro atoms. The molecule has 2 aliphatic rings. The third-order valence-electron chi connectivity index (χ3n) is 5.47. The highest BCUT2D eigenvalue weighted by Crippen LogP contribution is 2.38. The second-order valence-corrected chi connectivity index (χ2v) is 7.45. The van der Waals surface area contributed by atoms with E-state index < -0.39 is 0 Å². The van der Waals surface area contributed by atoms with Gasteiger partial charge in [-0.3, -0.25) is 4.90 Å². The zero-order valence-corrected chi connectivity index (χ0v) is 16.6. The standard InChI is InChI=1S/C22H31N5/c1-5-7-18(10-11-23)20-21(19-9-6-8-17(2)16-19)24-25-22(20,3)27-14-12-26(4)13-15-27/h5-11,16,24-25H,1,12-15,23H2,2-4H3/b11-10-,18-7+. The van der Waals surface area contributed by atoms with E-state index in [4.69, 9.17) is 5.73 Å². The maximum Gasteiger partial charge on any atom is 0.114 e. The molecule has 0 radical (unpaired) electrons. The number of benzene rings is 1. The first-order valence-electron chi connectivity index (χ1n) is 9.49. The number of rotatable bonds is 5. The second kappa shape index (κ2) is 8.13. The Bertz CT molecular complexity index is 784. The average Bonchev–Trinajstić information content (AvgIpc) is 3.00. The average molecular weight is 366 g/mol. The van der Waals surface area contributed by atoms with Crippen LogP contribution in [0.2, 0.25) is 0 Å². The zero-order valence-electron chi connectivity index (χ0n) is 16.6. The summed E-state index contributed by atoms with van der Waals surface area (Å²) < 4.78 is 0. The normalized spacial score (nSPS) is 25.2. The Labute approximate surface area is 162 Å². The van der Waals surface area contributed by atoms with Gasteiger partial charge in [0.2, 0.25) is 0 Å². The molecule has 2 aliphatic heterocycles. The van der Waals surface area contributed by atoms with Crippen molar-refractivity contribution in [1.82, 2.24) is 20.7 Å². The van der Waals surface area contributed by atoms with Crippen LogP contribution >= 0.6 is 0 Å². The number of piperazine rings is 1. The molecule has 0 aliphatic carbocycles. The van der Waals surface area contributed by atoms with Gasteiger partial charge in [-0.2, -0.15) is 0 Å². The molecule has 0 saturated carbocycles. The minimum absolute atomic E-state index is 0.339. The molecule has 2 heterocycles. The van der Waals surface area contributed by atoms with E-state index in [1.54, 1.807) is 6.20 Å². The Morgan fingerprint density at radius 2 is 2.00 bits per heavy atom. The monoisotopic (exact) mass is 365 g/mol. The molecule has 1 aromatic carbocycles. The predicted molar refractivity (Wildman–Crippen MR) is 113 cm³/mol. The van der Waals surface area contributed by atoms with Crippen molar-refractivity contribution in [2.24, 2.45) is 5.73 Å². The molecule has 1 unspecified atom stereocenters. The smallest absolute Gasteiger partial charge is 0.114 e. The lowest BCUT2D eigenvalue weighted by atomic mass is 9.88. The molecular formula is C22H31N5. The van der Waals surface area contributed by atoms with Gasteiger partial charge in [-0.05, 0) is 50.4 Å². The number of aryl methyl sites for hydroxylation is 1. The van der Waals surface area contributed by atoms with Crippen molar-refractivity contribution in [2.75, 3.05) is 33.2 Å². The molecule has 3 rings (SSSR count). The Morgan fingerprint density at radius 1 is 1.26 bits per heavy atom. The molecule has 1 fully saturated rings. The number of nitrogens with one attached hydrogen (secondary N) is 2. The van der Waals surface area contributed by atoms with Crippen molar-refractivity contribution < 1.29 is 0 Å². The molecule has 1 aromatic rings. The summed E-state index contributed by atoms with van der Waals surface area (Å²) in [5, 5.41) is 0. The van der Waals surface area contributed by atoms with Crippen molar-refractivity contribution in [2.45, 2.75) is 19.5 Å². The lowest BCUT2D eigenvalue weighted by Crippen LogP contribution is -2.62. The van der Waals surface area contributed by atoms with Gasteiger partial charge in [0.25, 0.3) is 0 Å². The predicted octanol–water partition coefficient (Wildman–Crippen LogP) is 2.36. The molecule has 0 aromatic heterocycles. The number of nitrogens with two attached hydrogens (primary N) is 1. The minimum atomic E-state index is -0.339. The maximum atomic E-state index is 5.78. The molecular weight excluding hydrogens is 334 g/mol. The Hall–Kier alpha value is -2.34. The van der Waals surface area contributed by atoms with E-state index in [-0.39, 0.29) is 5.66 Å². The number of nitrogens with zero attached hydrogens (tertiary/aromatic N) is 2. The molecule has 144 valence electrons. The van der Waals surface area contributed by atoms with E-state index >= 15 is 0 Å². The van der Waals surface area contributed by atoms with Crippen LogP contribution in [-0.2, 0) is 0 Å². The highest BCUT2D eigenvalue weighted by atomic mass is 15.5. The fourth-order valence-corrected chi connectivity index (χ4v) is 3.94. The van der Waals surface area contributed by atoms with E-state index in [0.29, 0.717) is 0 Å². The van der Waals surface area contributed by atoms with Crippen molar-refractivity contribution in [3.8, 4) is 0 Å². The van der Waals surface area contributed by atoms with Gasteiger partial charge in [-0.15, -0.1) is 0 Å². The third kappa shape index (κ3) is 3.86. The van der Waals surface area contributed by atoms with Crippen LogP contribution < -0.4 is 16.6 Å². The SMILES string of the molecule is C=C/C=C(\C=C/N)C1=C(c2cccc(C)c2)NNC1(C)N1CCN(C)CC1. The largest absolute Gasteiger partial charge is 0.405 e. The summed E-state index contributed by atoms with van der Waals surface area (Å²) in [7, 11) is 2.18. The van der Waals surface area contributed by atoms with Crippen LogP contribution in [0, 0.1) is 6.92 Å². The summed E-state index contributed by atoms with van der Waals surface area (Å²) in [6, 6.07) is 8.56. The first kappa shape index (κ1) is 19.4. The topological polar surface area (TPSA) is 56.6 Å². The molecule has 5 nitrogen and oxygen atoms in total. The van der Waals surface area contributed by atoms with Gasteiger partial charge in [-0.25, -0.2) is 5.43 Å². The van der Waals surface area contributed by atoms with Crippen LogP contribution in [0.25, 0.3) is 5.70 Å². The summed E-state index contributed by atoms with van der Waals surface area (Å²) in [6.45, 7) is 12.4. The van der Waals surface area contributed by atoms with Crippen LogP contribution in [0.15, 0.2) is 66.4 Å². The van der Waals surface area contributed by atoms with E-state index in [1.165, 1.54) is 11.1 Å². The minimum Gasteiger partial charge on any atom is -0.405 e. The molecule has 5 heteroatoms. The zero-order chi connectivity index (χ0) is 19.4. The third-order valence-corrected chi connectivity index (χ3v) is 5.47. The van der Waals surface area contributed by atoms with Gasteiger partial charge in [0, 0.05) is 31.8 Å². The van der Waals surface area contributed by atoms with E-state index in [1.807, 2.05) is 18.2 Å². The van der Waals surface area contributed by atoms with Crippen molar-refractivity contribution in [3.63, 3.8) is 0 Å². The first-order chi connectivity index (χ1) is 13.0. The summed E-state index contributed by atoms with van der Waals surface area (Å²) >= 11 is 0. The number of hydrazine groups is 1. The number of hydrogen-bond donors (Lipinski definition) is 3. The van der Waals surface area contributed by atoms with E-state index in [2.05, 4.69) is 72.4 Å². The second-order valence-electron chi connectivity index (χ2n) is 7.45. The molecule has 4 N–H and O–H groups in total. The van der Waals surface area contributed by atoms with Gasteiger partial charge in [0.05, 0.1) is 5.70 Å². The van der Waals surface area contributed by atoms with Crippen LogP contribution in [0.5, 0.6) is 0 Å². The van der Waals surface area contributed by atoms with E-state index in [9.17, 15) is 0 Å². The first-order valence-corrected chi connectivity index (χ1v) is 9.49. The number of likely N-dealkylation sites (N-methyl/N-ethyl adjacent to an activating group) is 1. The van der Waals surface area contributed by atoms with Crippen LogP contribution in [0.4, 0.5) is 0 Å². The van der Waals surface area contributed by atoms with Gasteiger partial charge in [0.15, 0.2) is 0 Å². The summed E-state index contributed by atoms with van der Waals surface area (Å²) in [5.41, 5.74) is 18.2. The van der Waals surface area contributed by atoms with E-state index in [0.717, 1.165) is 43.0 Å². The van der Waals surface area contributed by atoms with Gasteiger partial charge < -0.3 is 16.1 Å². The fraction of sp³-hybridized carbons (Fsp3) is 0.364. The Balaban J connectivity index is 2.14. The van der Waals surface area contributed by atoms with Crippen molar-refractivity contribution >= 4 is 5.70 Å². The summed E-state index contributed by atoms with van der Waals surface area (Å²) in [6.07, 6.45) is 7.39. The molecule has 0 bridgehead atoms. The molecule has 1 atom stereocenters. The van der Waals surface area contributed by atoms with Gasteiger partial charge in [0.1, 0.15) is 5.66 Å². The number of hydrogen-bond acceptors (Lipinski definition) is 5. The Kier molecular flexibility index (Phi) is 5.85. The summed E-state index contributed by atoms with van der Waals surface area (Å²) in [4.78, 5) is 4.87. The summed E-state index contributed by atoms with van der Waals surface area (Å²) in [5.74, 6) is 0. The molecule has 1 saturated heterocycles. The lowest BCUT2D eigenvalue weighted by Gasteiger charge is -2.44. The molecule has 0 amide bonds. The van der Waals surface area contributed by atoms with Gasteiger partial charge >= 0.3 is 0 Å². The maximum absolute atomic E-state index is 5.78. The van der Waals surface area contributed by atoms with Crippen molar-refractivity contribution in [3.05, 3.63) is 77.5 Å². The van der Waals surface area contributed by atoms with Gasteiger partial charge in [-0.1, -0.05) is 42.5 Å². The lowest BCUT2D eigenvalue weighted by molar-refractivity contribution is 0.0546. The number of allylic oxidation sites excluding steroid dienone is 3. The Morgan fingerprint density at radius 3 is 2.63 bits per heavy atom. The molecule has 27 heavy (non-hydrogen) atoms. The highest BCUT2D eigenvalue weighted by molar-refractivity contribution is 5.77. The van der Waals surface area contributed by atoms with Crippen LogP contribution in [0.3, 0.4) is 0 Å². The quantitative estimate of drug-likeness (QED) is 0.700. The highest BCUT2D eigenvalue weighted by Gasteiger charge is 2.43. The fourth-order valence-electron chi connectivity index (χ4n) is 3.94. The van der Waals surface area contributed by atoms with Crippen LogP contribution in [0.1, 0.15) is 18.1 Å².